The van der Waals surface area contributed by atoms with Crippen LogP contribution >= 0.6 is 0 Å². The minimum Gasteiger partial charge on any atom is -0.468 e. The number of carbonyl (C=O) groups excluding carboxylic acids is 2. The van der Waals surface area contributed by atoms with Crippen molar-refractivity contribution in [1.29, 1.82) is 0 Å². The maximum Gasteiger partial charge on any atom is 0.323 e. The van der Waals surface area contributed by atoms with Gasteiger partial charge in [0, 0.05) is 0 Å². The Morgan fingerprint density at radius 1 is 1.08 bits per heavy atom. The first-order chi connectivity index (χ1) is 6.02. The van der Waals surface area contributed by atoms with Crippen molar-refractivity contribution in [3.05, 3.63) is 11.6 Å². The Balaban J connectivity index is 4.65. The predicted octanol–water partition coefficient (Wildman–Crippen LogP) is 0.915. The maximum absolute atomic E-state index is 11.1. The molecule has 0 heterocycles. The second-order valence-electron chi connectivity index (χ2n) is 2.77. The van der Waals surface area contributed by atoms with E-state index in [2.05, 4.69) is 9.47 Å². The molecule has 0 N–H and O–H groups in total. The molecule has 74 valence electrons. The highest BCUT2D eigenvalue weighted by Gasteiger charge is 2.25. The molecular weight excluding hydrogens is 172 g/mol. The number of ether oxygens (including phenoxy) is 2. The van der Waals surface area contributed by atoms with Crippen LogP contribution in [0.4, 0.5) is 0 Å². The van der Waals surface area contributed by atoms with Gasteiger partial charge in [-0.25, -0.2) is 0 Å². The van der Waals surface area contributed by atoms with E-state index in [1.807, 2.05) is 0 Å². The van der Waals surface area contributed by atoms with Crippen LogP contribution in [0.3, 0.4) is 0 Å². The van der Waals surface area contributed by atoms with Crippen LogP contribution in [0.25, 0.3) is 0 Å². The SMILES string of the molecule is COC(=O)C(C=C(C)C)C(=O)OC. The summed E-state index contributed by atoms with van der Waals surface area (Å²) in [5.41, 5.74) is 0.862. The third-order valence-electron chi connectivity index (χ3n) is 1.41. The van der Waals surface area contributed by atoms with E-state index in [-0.39, 0.29) is 0 Å². The van der Waals surface area contributed by atoms with Crippen molar-refractivity contribution < 1.29 is 19.1 Å². The molecule has 0 bridgehead atoms. The molecule has 0 spiro atoms. The fourth-order valence-corrected chi connectivity index (χ4v) is 0.820. The van der Waals surface area contributed by atoms with Gasteiger partial charge in [-0.1, -0.05) is 11.6 Å². The Bertz CT molecular complexity index is 210. The number of esters is 2. The van der Waals surface area contributed by atoms with Crippen LogP contribution in [0, 0.1) is 5.92 Å². The van der Waals surface area contributed by atoms with Crippen molar-refractivity contribution in [3.63, 3.8) is 0 Å². The highest BCUT2D eigenvalue weighted by Crippen LogP contribution is 2.07. The first-order valence-corrected chi connectivity index (χ1v) is 3.83. The lowest BCUT2D eigenvalue weighted by atomic mass is 10.1. The zero-order chi connectivity index (χ0) is 10.4. The zero-order valence-electron chi connectivity index (χ0n) is 8.29. The predicted molar refractivity (Wildman–Crippen MR) is 47.0 cm³/mol. The van der Waals surface area contributed by atoms with Crippen molar-refractivity contribution in [3.8, 4) is 0 Å². The molecule has 0 aliphatic rings. The third kappa shape index (κ3) is 3.73. The van der Waals surface area contributed by atoms with Crippen LogP contribution < -0.4 is 0 Å². The van der Waals surface area contributed by atoms with Crippen LogP contribution in [-0.4, -0.2) is 26.2 Å². The van der Waals surface area contributed by atoms with Gasteiger partial charge in [0.2, 0.25) is 0 Å². The fraction of sp³-hybridized carbons (Fsp3) is 0.556. The summed E-state index contributed by atoms with van der Waals surface area (Å²) in [5, 5.41) is 0. The van der Waals surface area contributed by atoms with Crippen LogP contribution in [0.1, 0.15) is 13.8 Å². The van der Waals surface area contributed by atoms with Gasteiger partial charge < -0.3 is 9.47 Å². The van der Waals surface area contributed by atoms with Crippen molar-refractivity contribution in [1.82, 2.24) is 0 Å². The third-order valence-corrected chi connectivity index (χ3v) is 1.41. The standard InChI is InChI=1S/C9H14O4/c1-6(2)5-7(8(10)12-3)9(11)13-4/h5,7H,1-4H3. The van der Waals surface area contributed by atoms with Gasteiger partial charge in [-0.2, -0.15) is 0 Å². The molecule has 0 aromatic rings. The van der Waals surface area contributed by atoms with Crippen molar-refractivity contribution in [2.75, 3.05) is 14.2 Å². The molecule has 0 saturated carbocycles. The molecule has 0 rings (SSSR count). The van der Waals surface area contributed by atoms with Crippen molar-refractivity contribution in [2.45, 2.75) is 13.8 Å². The summed E-state index contributed by atoms with van der Waals surface area (Å²) in [7, 11) is 2.47. The van der Waals surface area contributed by atoms with E-state index < -0.39 is 17.9 Å². The molecule has 0 unspecified atom stereocenters. The Morgan fingerprint density at radius 2 is 1.46 bits per heavy atom. The van der Waals surface area contributed by atoms with Gasteiger partial charge in [0.1, 0.15) is 0 Å². The lowest BCUT2D eigenvalue weighted by Gasteiger charge is -2.08. The smallest absolute Gasteiger partial charge is 0.323 e. The van der Waals surface area contributed by atoms with Crippen LogP contribution in [-0.2, 0) is 19.1 Å². The first-order valence-electron chi connectivity index (χ1n) is 3.83. The quantitative estimate of drug-likeness (QED) is 0.373. The molecule has 4 nitrogen and oxygen atoms in total. The summed E-state index contributed by atoms with van der Waals surface area (Å²) in [6.45, 7) is 3.58. The summed E-state index contributed by atoms with van der Waals surface area (Å²) in [4.78, 5) is 22.2. The monoisotopic (exact) mass is 186 g/mol. The number of methoxy groups -OCH3 is 2. The fourth-order valence-electron chi connectivity index (χ4n) is 0.820. The molecule has 0 fully saturated rings. The van der Waals surface area contributed by atoms with E-state index in [1.165, 1.54) is 20.3 Å². The summed E-state index contributed by atoms with van der Waals surface area (Å²) >= 11 is 0. The van der Waals surface area contributed by atoms with Crippen LogP contribution in [0.2, 0.25) is 0 Å². The van der Waals surface area contributed by atoms with E-state index in [1.54, 1.807) is 13.8 Å². The number of hydrogen-bond donors (Lipinski definition) is 0. The van der Waals surface area contributed by atoms with E-state index in [9.17, 15) is 9.59 Å². The lowest BCUT2D eigenvalue weighted by molar-refractivity contribution is -0.156. The summed E-state index contributed by atoms with van der Waals surface area (Å²) in [6.07, 6.45) is 1.51. The van der Waals surface area contributed by atoms with E-state index in [0.29, 0.717) is 0 Å². The topological polar surface area (TPSA) is 52.6 Å². The molecule has 0 atom stereocenters. The normalized spacial score (nSPS) is 9.31. The van der Waals surface area contributed by atoms with Gasteiger partial charge in [-0.05, 0) is 13.8 Å². The lowest BCUT2D eigenvalue weighted by Crippen LogP contribution is -2.24. The van der Waals surface area contributed by atoms with Gasteiger partial charge in [-0.3, -0.25) is 9.59 Å². The van der Waals surface area contributed by atoms with Gasteiger partial charge in [0.15, 0.2) is 5.92 Å². The molecule has 0 aliphatic carbocycles. The van der Waals surface area contributed by atoms with Gasteiger partial charge in [-0.15, -0.1) is 0 Å². The van der Waals surface area contributed by atoms with E-state index in [4.69, 9.17) is 0 Å². The van der Waals surface area contributed by atoms with E-state index >= 15 is 0 Å². The molecule has 0 aromatic carbocycles. The summed E-state index contributed by atoms with van der Waals surface area (Å²) < 4.78 is 8.90. The highest BCUT2D eigenvalue weighted by molar-refractivity contribution is 5.96. The molecule has 0 aromatic heterocycles. The Hall–Kier alpha value is -1.32. The number of carbonyl (C=O) groups is 2. The van der Waals surface area contributed by atoms with Gasteiger partial charge in [0.25, 0.3) is 0 Å². The average Bonchev–Trinajstić information content (AvgIpc) is 2.11. The second kappa shape index (κ2) is 5.35. The molecule has 0 radical (unpaired) electrons. The zero-order valence-corrected chi connectivity index (χ0v) is 8.29. The minimum atomic E-state index is -0.944. The minimum absolute atomic E-state index is 0.604. The number of allylic oxidation sites excluding steroid dienone is 1. The average molecular weight is 186 g/mol. The number of rotatable bonds is 3. The first kappa shape index (κ1) is 11.7. The maximum atomic E-state index is 11.1. The molecule has 0 aliphatic heterocycles. The Morgan fingerprint density at radius 3 is 1.69 bits per heavy atom. The van der Waals surface area contributed by atoms with Crippen LogP contribution in [0.5, 0.6) is 0 Å². The van der Waals surface area contributed by atoms with Crippen molar-refractivity contribution >= 4 is 11.9 Å². The molecule has 0 saturated heterocycles. The van der Waals surface area contributed by atoms with Gasteiger partial charge in [0.05, 0.1) is 14.2 Å². The second-order valence-corrected chi connectivity index (χ2v) is 2.77. The largest absolute Gasteiger partial charge is 0.468 e. The van der Waals surface area contributed by atoms with E-state index in [0.717, 1.165) is 5.57 Å². The van der Waals surface area contributed by atoms with Gasteiger partial charge >= 0.3 is 11.9 Å². The molecule has 0 amide bonds. The molecule has 13 heavy (non-hydrogen) atoms. The van der Waals surface area contributed by atoms with Crippen molar-refractivity contribution in [2.24, 2.45) is 5.92 Å². The number of hydrogen-bond acceptors (Lipinski definition) is 4. The van der Waals surface area contributed by atoms with Crippen LogP contribution in [0.15, 0.2) is 11.6 Å². The Labute approximate surface area is 77.5 Å². The highest BCUT2D eigenvalue weighted by atomic mass is 16.5. The summed E-state index contributed by atoms with van der Waals surface area (Å²) in [5.74, 6) is -2.15. The molecular formula is C9H14O4. The molecule has 4 heteroatoms. The Kier molecular flexibility index (Phi) is 4.80. The summed E-state index contributed by atoms with van der Waals surface area (Å²) in [6, 6.07) is 0.